The lowest BCUT2D eigenvalue weighted by Crippen LogP contribution is -2.58. The fourth-order valence-corrected chi connectivity index (χ4v) is 4.84. The third kappa shape index (κ3) is 4.50. The van der Waals surface area contributed by atoms with E-state index in [1.165, 1.54) is 4.57 Å². The van der Waals surface area contributed by atoms with Gasteiger partial charge in [0.15, 0.2) is 6.23 Å². The molecule has 2 bridgehead atoms. The van der Waals surface area contributed by atoms with Crippen LogP contribution in [0, 0.1) is 6.92 Å². The summed E-state index contributed by atoms with van der Waals surface area (Å²) in [6.07, 6.45) is 1.25. The number of nitrogens with one attached hydrogen (secondary N) is 2. The summed E-state index contributed by atoms with van der Waals surface area (Å²) in [5.74, 6) is 0. The number of hydrogen-bond acceptors (Lipinski definition) is 6. The number of aromatic amines is 1. The smallest absolute Gasteiger partial charge is 0.330 e. The van der Waals surface area contributed by atoms with Gasteiger partial charge in [0, 0.05) is 11.8 Å². The Morgan fingerprint density at radius 1 is 1.03 bits per heavy atom. The van der Waals surface area contributed by atoms with Crippen LogP contribution in [-0.2, 0) is 27.4 Å². The molecular formula is C26H29N3O5. The van der Waals surface area contributed by atoms with E-state index >= 15 is 0 Å². The molecule has 178 valence electrons. The molecule has 8 nitrogen and oxygen atoms in total. The number of ether oxygens (including phenoxy) is 3. The molecule has 5 rings (SSSR count). The molecule has 2 aliphatic rings. The van der Waals surface area contributed by atoms with Gasteiger partial charge in [-0.15, -0.1) is 0 Å². The number of fused-ring (bicyclic) bond motifs is 2. The Bertz CT molecular complexity index is 1230. The molecule has 8 heteroatoms. The van der Waals surface area contributed by atoms with Gasteiger partial charge in [0.1, 0.15) is 11.7 Å². The van der Waals surface area contributed by atoms with Gasteiger partial charge in [0.05, 0.1) is 25.9 Å². The predicted molar refractivity (Wildman–Crippen MR) is 126 cm³/mol. The summed E-state index contributed by atoms with van der Waals surface area (Å²) in [7, 11) is 0. The molecule has 0 spiro atoms. The second-order valence-electron chi connectivity index (χ2n) is 8.98. The number of piperidine rings is 1. The average Bonchev–Trinajstić information content (AvgIpc) is 3.01. The van der Waals surface area contributed by atoms with Crippen molar-refractivity contribution >= 4 is 0 Å². The fraction of sp³-hybridized carbons (Fsp3) is 0.385. The zero-order valence-corrected chi connectivity index (χ0v) is 19.1. The van der Waals surface area contributed by atoms with E-state index in [1.54, 1.807) is 13.1 Å². The van der Waals surface area contributed by atoms with Gasteiger partial charge in [-0.1, -0.05) is 60.7 Å². The molecule has 34 heavy (non-hydrogen) atoms. The number of hydrogen-bond donors (Lipinski definition) is 2. The first-order chi connectivity index (χ1) is 16.6. The average molecular weight is 464 g/mol. The van der Waals surface area contributed by atoms with Crippen LogP contribution in [0.25, 0.3) is 0 Å². The maximum absolute atomic E-state index is 12.7. The highest BCUT2D eigenvalue weighted by Crippen LogP contribution is 2.44. The van der Waals surface area contributed by atoms with Gasteiger partial charge >= 0.3 is 5.69 Å². The third-order valence-electron chi connectivity index (χ3n) is 6.59. The molecule has 0 aliphatic carbocycles. The number of nitrogens with zero attached hydrogens (tertiary/aromatic N) is 1. The summed E-state index contributed by atoms with van der Waals surface area (Å²) in [4.78, 5) is 27.0. The lowest BCUT2D eigenvalue weighted by atomic mass is 9.87. The summed E-state index contributed by atoms with van der Waals surface area (Å²) in [6, 6.07) is 19.7. The Labute approximate surface area is 197 Å². The fourth-order valence-electron chi connectivity index (χ4n) is 4.84. The molecule has 1 aromatic heterocycles. The van der Waals surface area contributed by atoms with E-state index in [-0.39, 0.29) is 12.1 Å². The van der Waals surface area contributed by atoms with Gasteiger partial charge in [-0.3, -0.25) is 14.3 Å². The predicted octanol–water partition coefficient (Wildman–Crippen LogP) is 2.28. The second-order valence-corrected chi connectivity index (χ2v) is 8.98. The van der Waals surface area contributed by atoms with Gasteiger partial charge < -0.3 is 19.5 Å². The Balaban J connectivity index is 1.42. The van der Waals surface area contributed by atoms with Gasteiger partial charge in [-0.25, -0.2) is 4.79 Å². The summed E-state index contributed by atoms with van der Waals surface area (Å²) in [5, 5.41) is 3.48. The first-order valence-corrected chi connectivity index (χ1v) is 11.6. The van der Waals surface area contributed by atoms with Crippen LogP contribution < -0.4 is 16.6 Å². The Hall–Kier alpha value is -3.04. The van der Waals surface area contributed by atoms with Crippen molar-refractivity contribution in [3.8, 4) is 0 Å². The molecule has 2 aromatic carbocycles. The van der Waals surface area contributed by atoms with Crippen LogP contribution >= 0.6 is 0 Å². The lowest BCUT2D eigenvalue weighted by Gasteiger charge is -2.38. The largest absolute Gasteiger partial charge is 0.374 e. The van der Waals surface area contributed by atoms with Crippen LogP contribution in [0.1, 0.15) is 29.3 Å². The zero-order chi connectivity index (χ0) is 23.5. The standard InChI is InChI=1S/C26H29N3O5/c1-18-14-29(25(31)28-23(18)30)24-21-22(33-16-20-10-6-3-7-11-20)26(34-24,12-13-27-21)17-32-15-19-8-4-2-5-9-19/h2-11,14,21-22,24,27H,12-13,15-17H2,1H3,(H,28,30,31)/t21?,22-,24+,26+/m0/s1. The van der Waals surface area contributed by atoms with Gasteiger partial charge in [0.2, 0.25) is 0 Å². The van der Waals surface area contributed by atoms with Crippen molar-refractivity contribution in [1.82, 2.24) is 14.9 Å². The van der Waals surface area contributed by atoms with Crippen molar-refractivity contribution in [1.29, 1.82) is 0 Å². The van der Waals surface area contributed by atoms with Crippen molar-refractivity contribution in [3.05, 3.63) is 104 Å². The van der Waals surface area contributed by atoms with Gasteiger partial charge in [0.25, 0.3) is 5.56 Å². The van der Waals surface area contributed by atoms with Crippen LogP contribution in [0.4, 0.5) is 0 Å². The summed E-state index contributed by atoms with van der Waals surface area (Å²) < 4.78 is 20.7. The molecule has 2 saturated heterocycles. The van der Waals surface area contributed by atoms with Crippen molar-refractivity contribution in [2.45, 2.75) is 50.5 Å². The van der Waals surface area contributed by atoms with Crippen LogP contribution in [-0.4, -0.2) is 40.4 Å². The Morgan fingerprint density at radius 3 is 2.41 bits per heavy atom. The number of rotatable bonds is 8. The Kier molecular flexibility index (Phi) is 6.47. The molecule has 3 heterocycles. The molecule has 2 aliphatic heterocycles. The van der Waals surface area contributed by atoms with Crippen molar-refractivity contribution < 1.29 is 14.2 Å². The molecule has 3 aromatic rings. The SMILES string of the molecule is Cc1cn([C@@H]2O[C@@]3(COCc4ccccc4)CCNC2[C@@H]3OCc2ccccc2)c(=O)[nH]c1=O. The van der Waals surface area contributed by atoms with Crippen molar-refractivity contribution in [3.63, 3.8) is 0 Å². The van der Waals surface area contributed by atoms with E-state index in [9.17, 15) is 9.59 Å². The summed E-state index contributed by atoms with van der Waals surface area (Å²) in [6.45, 7) is 3.58. The van der Waals surface area contributed by atoms with E-state index in [4.69, 9.17) is 14.2 Å². The van der Waals surface area contributed by atoms with Crippen molar-refractivity contribution in [2.24, 2.45) is 0 Å². The summed E-state index contributed by atoms with van der Waals surface area (Å²) >= 11 is 0. The zero-order valence-electron chi connectivity index (χ0n) is 19.1. The van der Waals surface area contributed by atoms with Gasteiger partial charge in [-0.2, -0.15) is 0 Å². The molecule has 2 N–H and O–H groups in total. The van der Waals surface area contributed by atoms with E-state index in [0.29, 0.717) is 38.3 Å². The quantitative estimate of drug-likeness (QED) is 0.532. The normalized spacial score (nSPS) is 26.0. The minimum atomic E-state index is -0.729. The number of aromatic nitrogens is 2. The van der Waals surface area contributed by atoms with Crippen molar-refractivity contribution in [2.75, 3.05) is 13.2 Å². The van der Waals surface area contributed by atoms with Gasteiger partial charge in [-0.05, 0) is 31.0 Å². The van der Waals surface area contributed by atoms with E-state index < -0.39 is 23.1 Å². The Morgan fingerprint density at radius 2 is 1.71 bits per heavy atom. The van der Waals surface area contributed by atoms with Crippen LogP contribution in [0.2, 0.25) is 0 Å². The lowest BCUT2D eigenvalue weighted by molar-refractivity contribution is -0.161. The highest BCUT2D eigenvalue weighted by atomic mass is 16.6. The maximum Gasteiger partial charge on any atom is 0.330 e. The second kappa shape index (κ2) is 9.68. The molecular weight excluding hydrogens is 434 g/mol. The molecule has 4 atom stereocenters. The minimum Gasteiger partial charge on any atom is -0.374 e. The minimum absolute atomic E-state index is 0.277. The highest BCUT2D eigenvalue weighted by molar-refractivity contribution is 5.16. The van der Waals surface area contributed by atoms with E-state index in [2.05, 4.69) is 10.3 Å². The topological polar surface area (TPSA) is 94.6 Å². The molecule has 0 amide bonds. The van der Waals surface area contributed by atoms with E-state index in [1.807, 2.05) is 60.7 Å². The summed E-state index contributed by atoms with van der Waals surface area (Å²) in [5.41, 5.74) is 0.952. The number of aryl methyl sites for hydroxylation is 1. The first kappa shape index (κ1) is 22.7. The molecule has 2 fully saturated rings. The van der Waals surface area contributed by atoms with Crippen LogP contribution in [0.5, 0.6) is 0 Å². The molecule has 1 unspecified atom stereocenters. The monoisotopic (exact) mass is 463 g/mol. The van der Waals surface area contributed by atoms with Crippen LogP contribution in [0.3, 0.4) is 0 Å². The number of H-pyrrole nitrogens is 1. The van der Waals surface area contributed by atoms with Crippen LogP contribution in [0.15, 0.2) is 76.4 Å². The first-order valence-electron chi connectivity index (χ1n) is 11.6. The molecule has 0 saturated carbocycles. The number of benzene rings is 2. The maximum atomic E-state index is 12.7. The highest BCUT2D eigenvalue weighted by Gasteiger charge is 2.59. The molecule has 0 radical (unpaired) electrons. The van der Waals surface area contributed by atoms with E-state index in [0.717, 1.165) is 11.1 Å². The third-order valence-corrected chi connectivity index (χ3v) is 6.59.